The van der Waals surface area contributed by atoms with Crippen molar-refractivity contribution in [2.75, 3.05) is 13.2 Å². The van der Waals surface area contributed by atoms with E-state index >= 15 is 0 Å². The van der Waals surface area contributed by atoms with Crippen molar-refractivity contribution in [2.45, 2.75) is 32.2 Å². The highest BCUT2D eigenvalue weighted by Gasteiger charge is 2.61. The topological polar surface area (TPSA) is 56.8 Å². The largest absolute Gasteiger partial charge is 0.464 e. The van der Waals surface area contributed by atoms with Gasteiger partial charge in [0, 0.05) is 0 Å². The quantitative estimate of drug-likeness (QED) is 0.638. The number of thiocarbonyl (C=S) groups is 1. The van der Waals surface area contributed by atoms with Crippen LogP contribution in [0.5, 0.6) is 0 Å². The molecule has 116 valence electrons. The molecular formula is C14H20NO4PS. The van der Waals surface area contributed by atoms with Crippen molar-refractivity contribution >= 4 is 25.0 Å². The molecule has 2 atom stereocenters. The SMILES string of the molecule is CCOP(=O)(OCC)[C@@]1(c2ccccc2)NC(=S)O[C@@H]1C. The van der Waals surface area contributed by atoms with E-state index in [1.165, 1.54) is 0 Å². The van der Waals surface area contributed by atoms with E-state index in [0.29, 0.717) is 0 Å². The van der Waals surface area contributed by atoms with E-state index in [1.54, 1.807) is 13.8 Å². The summed E-state index contributed by atoms with van der Waals surface area (Å²) in [6.45, 7) is 5.91. The van der Waals surface area contributed by atoms with Crippen molar-refractivity contribution in [3.8, 4) is 0 Å². The van der Waals surface area contributed by atoms with E-state index in [9.17, 15) is 4.57 Å². The van der Waals surface area contributed by atoms with Crippen LogP contribution in [0.4, 0.5) is 0 Å². The van der Waals surface area contributed by atoms with Crippen LogP contribution in [0.15, 0.2) is 30.3 Å². The monoisotopic (exact) mass is 329 g/mol. The number of hydrogen-bond acceptors (Lipinski definition) is 5. The summed E-state index contributed by atoms with van der Waals surface area (Å²) in [5.41, 5.74) is 0.766. The summed E-state index contributed by atoms with van der Waals surface area (Å²) < 4.78 is 30.1. The van der Waals surface area contributed by atoms with Crippen LogP contribution in [-0.2, 0) is 23.6 Å². The molecule has 0 unspecified atom stereocenters. The minimum atomic E-state index is -3.54. The minimum Gasteiger partial charge on any atom is -0.464 e. The van der Waals surface area contributed by atoms with E-state index < -0.39 is 19.0 Å². The van der Waals surface area contributed by atoms with Gasteiger partial charge in [-0.25, -0.2) is 0 Å². The second-order valence-electron chi connectivity index (χ2n) is 4.64. The molecule has 1 N–H and O–H groups in total. The third-order valence-electron chi connectivity index (χ3n) is 3.41. The highest BCUT2D eigenvalue weighted by Crippen LogP contribution is 2.66. The maximum absolute atomic E-state index is 13.4. The van der Waals surface area contributed by atoms with Crippen LogP contribution in [0.2, 0.25) is 0 Å². The molecule has 7 heteroatoms. The van der Waals surface area contributed by atoms with Crippen LogP contribution in [-0.4, -0.2) is 24.5 Å². The van der Waals surface area contributed by atoms with E-state index in [2.05, 4.69) is 5.32 Å². The zero-order valence-corrected chi connectivity index (χ0v) is 14.1. The predicted molar refractivity (Wildman–Crippen MR) is 85.3 cm³/mol. The fourth-order valence-corrected chi connectivity index (χ4v) is 5.31. The second-order valence-corrected chi connectivity index (χ2v) is 7.23. The lowest BCUT2D eigenvalue weighted by Crippen LogP contribution is -2.45. The van der Waals surface area contributed by atoms with Crippen LogP contribution in [0.1, 0.15) is 26.3 Å². The summed E-state index contributed by atoms with van der Waals surface area (Å²) in [5.74, 6) is 0. The lowest BCUT2D eigenvalue weighted by atomic mass is 10.0. The minimum absolute atomic E-state index is 0.200. The van der Waals surface area contributed by atoms with Crippen LogP contribution in [0, 0.1) is 0 Å². The van der Waals surface area contributed by atoms with Gasteiger partial charge in [0.15, 0.2) is 0 Å². The van der Waals surface area contributed by atoms with Crippen LogP contribution >= 0.6 is 19.8 Å². The smallest absolute Gasteiger partial charge is 0.364 e. The van der Waals surface area contributed by atoms with Crippen LogP contribution in [0.25, 0.3) is 0 Å². The predicted octanol–water partition coefficient (Wildman–Crippen LogP) is 3.40. The summed E-state index contributed by atoms with van der Waals surface area (Å²) in [6, 6.07) is 9.36. The lowest BCUT2D eigenvalue weighted by Gasteiger charge is -2.37. The molecule has 0 saturated carbocycles. The van der Waals surface area contributed by atoms with Gasteiger partial charge in [-0.1, -0.05) is 30.3 Å². The van der Waals surface area contributed by atoms with Crippen LogP contribution in [0.3, 0.4) is 0 Å². The molecule has 0 aromatic heterocycles. The van der Waals surface area contributed by atoms with Crippen molar-refractivity contribution in [1.82, 2.24) is 5.32 Å². The lowest BCUT2D eigenvalue weighted by molar-refractivity contribution is 0.146. The maximum atomic E-state index is 13.4. The Morgan fingerprint density at radius 1 is 1.29 bits per heavy atom. The van der Waals surface area contributed by atoms with Gasteiger partial charge in [0.25, 0.3) is 5.17 Å². The van der Waals surface area contributed by atoms with Gasteiger partial charge in [-0.3, -0.25) is 4.57 Å². The Morgan fingerprint density at radius 2 is 1.86 bits per heavy atom. The Hall–Kier alpha value is -0.940. The Morgan fingerprint density at radius 3 is 2.29 bits per heavy atom. The van der Waals surface area contributed by atoms with Gasteiger partial charge >= 0.3 is 7.60 Å². The Kier molecular flexibility index (Phi) is 5.04. The highest BCUT2D eigenvalue weighted by molar-refractivity contribution is 7.80. The Balaban J connectivity index is 2.61. The molecule has 0 aliphatic carbocycles. The Bertz CT molecular complexity index is 543. The van der Waals surface area contributed by atoms with Crippen molar-refractivity contribution in [2.24, 2.45) is 0 Å². The molecule has 21 heavy (non-hydrogen) atoms. The molecule has 1 saturated heterocycles. The third kappa shape index (κ3) is 2.73. The standard InChI is InChI=1S/C14H20NO4PS/c1-4-17-20(16,18-5-2)14(11(3)19-13(21)15-14)12-9-7-6-8-10-12/h6-11H,4-5H2,1-3H3,(H,15,21)/t11-,14+/m1/s1. The number of hydrogen-bond donors (Lipinski definition) is 1. The van der Waals surface area contributed by atoms with Gasteiger partial charge in [-0.05, 0) is 38.6 Å². The first-order valence-corrected chi connectivity index (χ1v) is 8.88. The fourth-order valence-electron chi connectivity index (χ4n) is 2.56. The molecule has 5 nitrogen and oxygen atoms in total. The molecule has 1 aromatic rings. The summed E-state index contributed by atoms with van der Waals surface area (Å²) in [7, 11) is -3.54. The van der Waals surface area contributed by atoms with Gasteiger partial charge in [0.1, 0.15) is 6.10 Å². The average Bonchev–Trinajstić information content (AvgIpc) is 2.76. The molecular weight excluding hydrogens is 309 g/mol. The Labute approximate surface area is 130 Å². The van der Waals surface area contributed by atoms with E-state index in [4.69, 9.17) is 26.0 Å². The zero-order valence-electron chi connectivity index (χ0n) is 12.4. The number of rotatable bonds is 6. The molecule has 0 spiro atoms. The van der Waals surface area contributed by atoms with Crippen molar-refractivity contribution < 1.29 is 18.3 Å². The van der Waals surface area contributed by atoms with Crippen molar-refractivity contribution in [3.63, 3.8) is 0 Å². The first-order valence-electron chi connectivity index (χ1n) is 6.93. The molecule has 1 aliphatic rings. The van der Waals surface area contributed by atoms with Gasteiger partial charge in [-0.2, -0.15) is 0 Å². The summed E-state index contributed by atoms with van der Waals surface area (Å²) >= 11 is 5.12. The number of ether oxygens (including phenoxy) is 1. The summed E-state index contributed by atoms with van der Waals surface area (Å²) in [4.78, 5) is 0. The fraction of sp³-hybridized carbons (Fsp3) is 0.500. The number of nitrogens with one attached hydrogen (secondary N) is 1. The van der Waals surface area contributed by atoms with Crippen LogP contribution < -0.4 is 5.32 Å². The van der Waals surface area contributed by atoms with Crippen molar-refractivity contribution in [1.29, 1.82) is 0 Å². The summed E-state index contributed by atoms with van der Waals surface area (Å²) in [6.07, 6.45) is -0.476. The molecule has 1 aromatic carbocycles. The first kappa shape index (κ1) is 16.4. The van der Waals surface area contributed by atoms with E-state index in [-0.39, 0.29) is 18.4 Å². The molecule has 1 aliphatic heterocycles. The zero-order chi connectivity index (χ0) is 15.5. The molecule has 0 amide bonds. The first-order chi connectivity index (χ1) is 10.00. The molecule has 2 rings (SSSR count). The molecule has 1 heterocycles. The average molecular weight is 329 g/mol. The molecule has 1 fully saturated rings. The maximum Gasteiger partial charge on any atom is 0.364 e. The third-order valence-corrected chi connectivity index (χ3v) is 6.40. The molecule has 0 radical (unpaired) electrons. The van der Waals surface area contributed by atoms with Crippen molar-refractivity contribution in [3.05, 3.63) is 35.9 Å². The second kappa shape index (κ2) is 6.44. The highest BCUT2D eigenvalue weighted by atomic mass is 32.1. The summed E-state index contributed by atoms with van der Waals surface area (Å²) in [5, 5.41) is 2.11. The molecule has 0 bridgehead atoms. The van der Waals surface area contributed by atoms with E-state index in [0.717, 1.165) is 5.56 Å². The normalized spacial score (nSPS) is 25.5. The van der Waals surface area contributed by atoms with E-state index in [1.807, 2.05) is 37.3 Å². The number of benzene rings is 1. The van der Waals surface area contributed by atoms with Gasteiger partial charge in [0.2, 0.25) is 5.28 Å². The van der Waals surface area contributed by atoms with Gasteiger partial charge < -0.3 is 19.1 Å². The van der Waals surface area contributed by atoms with Gasteiger partial charge in [0.05, 0.1) is 13.2 Å². The van der Waals surface area contributed by atoms with Gasteiger partial charge in [-0.15, -0.1) is 0 Å².